The Labute approximate surface area is 62.6 Å². The maximum absolute atomic E-state index is 5.73. The Morgan fingerprint density at radius 3 is 2.60 bits per heavy atom. The minimum atomic E-state index is 0.687. The van der Waals surface area contributed by atoms with Crippen LogP contribution in [-0.4, -0.2) is 0 Å². The van der Waals surface area contributed by atoms with Gasteiger partial charge < -0.3 is 5.73 Å². The lowest BCUT2D eigenvalue weighted by Gasteiger charge is -2.19. The van der Waals surface area contributed by atoms with Gasteiger partial charge in [-0.3, -0.25) is 0 Å². The fraction of sp³-hybridized carbons (Fsp3) is 0.556. The summed E-state index contributed by atoms with van der Waals surface area (Å²) in [6, 6.07) is 0. The number of allylic oxidation sites excluding steroid dienone is 3. The molecule has 56 valence electrons. The minimum absolute atomic E-state index is 0.687. The highest BCUT2D eigenvalue weighted by Crippen LogP contribution is 2.26. The molecular weight excluding hydrogens is 122 g/mol. The highest BCUT2D eigenvalue weighted by atomic mass is 14.6. The van der Waals surface area contributed by atoms with Crippen molar-refractivity contribution in [3.8, 4) is 0 Å². The molecule has 1 aliphatic rings. The van der Waals surface area contributed by atoms with Crippen LogP contribution in [0.1, 0.15) is 27.2 Å². The predicted molar refractivity (Wildman–Crippen MR) is 44.4 cm³/mol. The standard InChI is InChI=1S/C9H15N/c1-6-4-5-9(10)8(3)7(6)2/h5-6H,4,10H2,1-3H3. The molecule has 1 atom stereocenters. The zero-order valence-electron chi connectivity index (χ0n) is 6.94. The van der Waals surface area contributed by atoms with Gasteiger partial charge in [0.15, 0.2) is 0 Å². The van der Waals surface area contributed by atoms with E-state index in [0.29, 0.717) is 5.92 Å². The van der Waals surface area contributed by atoms with Gasteiger partial charge >= 0.3 is 0 Å². The third kappa shape index (κ3) is 1.08. The first-order valence-corrected chi connectivity index (χ1v) is 3.76. The fourth-order valence-corrected chi connectivity index (χ4v) is 1.23. The Balaban J connectivity index is 2.94. The maximum Gasteiger partial charge on any atom is 0.0302 e. The van der Waals surface area contributed by atoms with Gasteiger partial charge in [-0.05, 0) is 31.8 Å². The average Bonchev–Trinajstić information content (AvgIpc) is 1.93. The summed E-state index contributed by atoms with van der Waals surface area (Å²) in [6.45, 7) is 6.50. The van der Waals surface area contributed by atoms with E-state index in [1.165, 1.54) is 11.1 Å². The topological polar surface area (TPSA) is 26.0 Å². The van der Waals surface area contributed by atoms with Crippen LogP contribution in [0.15, 0.2) is 22.9 Å². The Morgan fingerprint density at radius 1 is 1.50 bits per heavy atom. The first kappa shape index (κ1) is 7.39. The summed E-state index contributed by atoms with van der Waals surface area (Å²) in [5, 5.41) is 0. The average molecular weight is 137 g/mol. The van der Waals surface area contributed by atoms with Gasteiger partial charge in [0.2, 0.25) is 0 Å². The van der Waals surface area contributed by atoms with E-state index in [0.717, 1.165) is 12.1 Å². The summed E-state index contributed by atoms with van der Waals surface area (Å²) in [5.41, 5.74) is 9.42. The van der Waals surface area contributed by atoms with E-state index in [9.17, 15) is 0 Å². The van der Waals surface area contributed by atoms with Crippen molar-refractivity contribution in [1.29, 1.82) is 0 Å². The second-order valence-electron chi connectivity index (χ2n) is 3.10. The third-order valence-electron chi connectivity index (χ3n) is 2.46. The highest BCUT2D eigenvalue weighted by molar-refractivity contribution is 5.34. The Bertz CT molecular complexity index is 199. The minimum Gasteiger partial charge on any atom is -0.399 e. The molecular formula is C9H15N. The molecule has 0 bridgehead atoms. The van der Waals surface area contributed by atoms with Crippen LogP contribution < -0.4 is 5.73 Å². The number of hydrogen-bond donors (Lipinski definition) is 1. The molecule has 1 rings (SSSR count). The van der Waals surface area contributed by atoms with Gasteiger partial charge in [0.1, 0.15) is 0 Å². The Kier molecular flexibility index (Phi) is 1.84. The first-order chi connectivity index (χ1) is 4.63. The van der Waals surface area contributed by atoms with E-state index in [-0.39, 0.29) is 0 Å². The summed E-state index contributed by atoms with van der Waals surface area (Å²) in [6.07, 6.45) is 3.22. The van der Waals surface area contributed by atoms with Crippen LogP contribution in [0.5, 0.6) is 0 Å². The number of hydrogen-bond acceptors (Lipinski definition) is 1. The monoisotopic (exact) mass is 137 g/mol. The van der Waals surface area contributed by atoms with E-state index in [4.69, 9.17) is 5.73 Å². The van der Waals surface area contributed by atoms with Gasteiger partial charge in [-0.15, -0.1) is 0 Å². The van der Waals surface area contributed by atoms with Crippen LogP contribution in [0.4, 0.5) is 0 Å². The highest BCUT2D eigenvalue weighted by Gasteiger charge is 2.12. The lowest BCUT2D eigenvalue weighted by Crippen LogP contribution is -2.10. The van der Waals surface area contributed by atoms with Crippen LogP contribution in [0, 0.1) is 5.92 Å². The van der Waals surface area contributed by atoms with Crippen LogP contribution in [0.2, 0.25) is 0 Å². The summed E-state index contributed by atoms with van der Waals surface area (Å²) in [4.78, 5) is 0. The predicted octanol–water partition coefficient (Wildman–Crippen LogP) is 2.21. The van der Waals surface area contributed by atoms with E-state index < -0.39 is 0 Å². The van der Waals surface area contributed by atoms with Crippen molar-refractivity contribution in [2.24, 2.45) is 11.7 Å². The summed E-state index contributed by atoms with van der Waals surface area (Å²) in [5.74, 6) is 0.687. The van der Waals surface area contributed by atoms with Gasteiger partial charge in [0.05, 0.1) is 0 Å². The van der Waals surface area contributed by atoms with Gasteiger partial charge in [-0.1, -0.05) is 18.6 Å². The quantitative estimate of drug-likeness (QED) is 0.544. The van der Waals surface area contributed by atoms with Crippen molar-refractivity contribution in [2.75, 3.05) is 0 Å². The molecule has 0 spiro atoms. The summed E-state index contributed by atoms with van der Waals surface area (Å²) < 4.78 is 0. The van der Waals surface area contributed by atoms with Crippen molar-refractivity contribution >= 4 is 0 Å². The van der Waals surface area contributed by atoms with Gasteiger partial charge in [0, 0.05) is 5.70 Å². The number of nitrogens with two attached hydrogens (primary N) is 1. The molecule has 0 fully saturated rings. The second-order valence-corrected chi connectivity index (χ2v) is 3.10. The molecule has 1 aliphatic carbocycles. The summed E-state index contributed by atoms with van der Waals surface area (Å²) >= 11 is 0. The Hall–Kier alpha value is -0.720. The molecule has 1 heteroatoms. The van der Waals surface area contributed by atoms with Crippen molar-refractivity contribution in [3.05, 3.63) is 22.9 Å². The van der Waals surface area contributed by atoms with Gasteiger partial charge in [0.25, 0.3) is 0 Å². The van der Waals surface area contributed by atoms with E-state index in [1.54, 1.807) is 0 Å². The van der Waals surface area contributed by atoms with Crippen LogP contribution in [-0.2, 0) is 0 Å². The largest absolute Gasteiger partial charge is 0.399 e. The molecule has 0 aromatic carbocycles. The lowest BCUT2D eigenvalue weighted by molar-refractivity contribution is 0.669. The van der Waals surface area contributed by atoms with Crippen LogP contribution >= 0.6 is 0 Å². The molecule has 0 aromatic heterocycles. The SMILES string of the molecule is CC1=C(C)C(C)CC=C1N. The third-order valence-corrected chi connectivity index (χ3v) is 2.46. The van der Waals surface area contributed by atoms with E-state index in [1.807, 2.05) is 0 Å². The second kappa shape index (κ2) is 2.49. The molecule has 0 heterocycles. The lowest BCUT2D eigenvalue weighted by atomic mass is 9.89. The van der Waals surface area contributed by atoms with Crippen molar-refractivity contribution < 1.29 is 0 Å². The molecule has 0 aliphatic heterocycles. The van der Waals surface area contributed by atoms with Crippen molar-refractivity contribution in [2.45, 2.75) is 27.2 Å². The van der Waals surface area contributed by atoms with Gasteiger partial charge in [-0.25, -0.2) is 0 Å². The molecule has 2 N–H and O–H groups in total. The molecule has 0 aromatic rings. The zero-order valence-corrected chi connectivity index (χ0v) is 6.94. The smallest absolute Gasteiger partial charge is 0.0302 e. The molecule has 0 amide bonds. The number of rotatable bonds is 0. The molecule has 1 nitrogen and oxygen atoms in total. The molecule has 0 radical (unpaired) electrons. The van der Waals surface area contributed by atoms with Crippen LogP contribution in [0.3, 0.4) is 0 Å². The Morgan fingerprint density at radius 2 is 2.10 bits per heavy atom. The normalized spacial score (nSPS) is 26.7. The summed E-state index contributed by atoms with van der Waals surface area (Å²) in [7, 11) is 0. The maximum atomic E-state index is 5.73. The molecule has 0 saturated carbocycles. The zero-order chi connectivity index (χ0) is 7.72. The van der Waals surface area contributed by atoms with Crippen LogP contribution in [0.25, 0.3) is 0 Å². The van der Waals surface area contributed by atoms with Gasteiger partial charge in [-0.2, -0.15) is 0 Å². The van der Waals surface area contributed by atoms with E-state index in [2.05, 4.69) is 26.8 Å². The molecule has 10 heavy (non-hydrogen) atoms. The fourth-order valence-electron chi connectivity index (χ4n) is 1.23. The molecule has 0 saturated heterocycles. The first-order valence-electron chi connectivity index (χ1n) is 3.76. The molecule has 1 unspecified atom stereocenters. The van der Waals surface area contributed by atoms with Crippen molar-refractivity contribution in [1.82, 2.24) is 0 Å². The van der Waals surface area contributed by atoms with Crippen molar-refractivity contribution in [3.63, 3.8) is 0 Å². The van der Waals surface area contributed by atoms with E-state index >= 15 is 0 Å².